The summed E-state index contributed by atoms with van der Waals surface area (Å²) >= 11 is 0. The average molecular weight is 349 g/mol. The van der Waals surface area contributed by atoms with E-state index in [4.69, 9.17) is 9.72 Å². The Kier molecular flexibility index (Phi) is 5.58. The fourth-order valence-electron chi connectivity index (χ4n) is 2.80. The fraction of sp³-hybridized carbons (Fsp3) is 0.286. The number of hydrogen-bond acceptors (Lipinski definition) is 4. The molecule has 3 aromatic rings. The number of methoxy groups -OCH3 is 1. The lowest BCUT2D eigenvalue weighted by atomic mass is 9.98. The molecule has 3 rings (SSSR count). The predicted molar refractivity (Wildman–Crippen MR) is 103 cm³/mol. The molecule has 0 aliphatic rings. The molecule has 1 aromatic carbocycles. The first-order chi connectivity index (χ1) is 12.6. The van der Waals surface area contributed by atoms with Gasteiger partial charge in [0.2, 0.25) is 0 Å². The summed E-state index contributed by atoms with van der Waals surface area (Å²) in [7, 11) is 1.61. The van der Waals surface area contributed by atoms with Gasteiger partial charge >= 0.3 is 0 Å². The smallest absolute Gasteiger partial charge is 0.252 e. The Bertz CT molecular complexity index is 908. The van der Waals surface area contributed by atoms with Crippen LogP contribution < -0.4 is 5.32 Å². The van der Waals surface area contributed by atoms with E-state index in [0.29, 0.717) is 30.3 Å². The maximum Gasteiger partial charge on any atom is 0.252 e. The van der Waals surface area contributed by atoms with Crippen molar-refractivity contribution in [3.63, 3.8) is 0 Å². The van der Waals surface area contributed by atoms with E-state index in [2.05, 4.69) is 36.3 Å². The molecule has 26 heavy (non-hydrogen) atoms. The molecule has 0 atom stereocenters. The van der Waals surface area contributed by atoms with Gasteiger partial charge in [0.1, 0.15) is 0 Å². The summed E-state index contributed by atoms with van der Waals surface area (Å²) in [6, 6.07) is 13.6. The second kappa shape index (κ2) is 8.06. The number of fused-ring (bicyclic) bond motifs is 1. The highest BCUT2D eigenvalue weighted by molar-refractivity contribution is 6.07. The van der Waals surface area contributed by atoms with E-state index < -0.39 is 0 Å². The zero-order valence-corrected chi connectivity index (χ0v) is 15.3. The number of aromatic nitrogens is 2. The van der Waals surface area contributed by atoms with Gasteiger partial charge in [0.25, 0.3) is 5.91 Å². The Hall–Kier alpha value is -2.79. The highest BCUT2D eigenvalue weighted by Crippen LogP contribution is 2.27. The van der Waals surface area contributed by atoms with Gasteiger partial charge in [-0.3, -0.25) is 9.78 Å². The van der Waals surface area contributed by atoms with Gasteiger partial charge in [0, 0.05) is 25.2 Å². The number of pyridine rings is 2. The van der Waals surface area contributed by atoms with Crippen LogP contribution in [0.1, 0.15) is 35.7 Å². The first-order valence-corrected chi connectivity index (χ1v) is 8.73. The second-order valence-electron chi connectivity index (χ2n) is 6.45. The van der Waals surface area contributed by atoms with E-state index in [9.17, 15) is 4.79 Å². The summed E-state index contributed by atoms with van der Waals surface area (Å²) < 4.78 is 5.02. The minimum absolute atomic E-state index is 0.132. The first kappa shape index (κ1) is 18.0. The quantitative estimate of drug-likeness (QED) is 0.688. The maximum atomic E-state index is 12.8. The lowest BCUT2D eigenvalue weighted by Crippen LogP contribution is -2.27. The summed E-state index contributed by atoms with van der Waals surface area (Å²) in [4.78, 5) is 21.9. The highest BCUT2D eigenvalue weighted by atomic mass is 16.5. The van der Waals surface area contributed by atoms with Crippen LogP contribution in [0.3, 0.4) is 0 Å². The van der Waals surface area contributed by atoms with Crippen molar-refractivity contribution in [3.8, 4) is 11.4 Å². The molecule has 0 bridgehead atoms. The molecule has 2 heterocycles. The van der Waals surface area contributed by atoms with E-state index in [1.54, 1.807) is 13.3 Å². The first-order valence-electron chi connectivity index (χ1n) is 8.73. The van der Waals surface area contributed by atoms with Crippen molar-refractivity contribution in [2.24, 2.45) is 0 Å². The molecular formula is C21H23N3O2. The SMILES string of the molecule is COCCNC(=O)c1cc(-c2ccccn2)nc2ccc(C(C)C)cc12. The summed E-state index contributed by atoms with van der Waals surface area (Å²) in [5.41, 5.74) is 4.00. The van der Waals surface area contributed by atoms with Crippen LogP contribution in [0.4, 0.5) is 0 Å². The highest BCUT2D eigenvalue weighted by Gasteiger charge is 2.15. The number of rotatable bonds is 6. The van der Waals surface area contributed by atoms with Crippen LogP contribution in [-0.4, -0.2) is 36.1 Å². The van der Waals surface area contributed by atoms with Crippen molar-refractivity contribution in [1.29, 1.82) is 0 Å². The number of nitrogens with zero attached hydrogens (tertiary/aromatic N) is 2. The van der Waals surface area contributed by atoms with Gasteiger partial charge in [-0.15, -0.1) is 0 Å². The van der Waals surface area contributed by atoms with Crippen LogP contribution in [0, 0.1) is 0 Å². The molecule has 0 aliphatic heterocycles. The number of nitrogens with one attached hydrogen (secondary N) is 1. The van der Waals surface area contributed by atoms with Gasteiger partial charge in [0.05, 0.1) is 29.1 Å². The van der Waals surface area contributed by atoms with Crippen LogP contribution in [0.25, 0.3) is 22.3 Å². The molecule has 0 saturated heterocycles. The van der Waals surface area contributed by atoms with Crippen molar-refractivity contribution < 1.29 is 9.53 Å². The molecule has 5 heteroatoms. The lowest BCUT2D eigenvalue weighted by molar-refractivity contribution is 0.0938. The average Bonchev–Trinajstić information content (AvgIpc) is 2.67. The van der Waals surface area contributed by atoms with Crippen LogP contribution in [0.15, 0.2) is 48.7 Å². The number of ether oxygens (including phenoxy) is 1. The summed E-state index contributed by atoms with van der Waals surface area (Å²) in [5.74, 6) is 0.242. The summed E-state index contributed by atoms with van der Waals surface area (Å²) in [6.45, 7) is 5.20. The number of carbonyl (C=O) groups excluding carboxylic acids is 1. The van der Waals surface area contributed by atoms with Gasteiger partial charge in [-0.2, -0.15) is 0 Å². The minimum Gasteiger partial charge on any atom is -0.383 e. The van der Waals surface area contributed by atoms with Crippen molar-refractivity contribution in [1.82, 2.24) is 15.3 Å². The number of carbonyl (C=O) groups is 1. The van der Waals surface area contributed by atoms with Crippen LogP contribution in [-0.2, 0) is 4.74 Å². The Morgan fingerprint density at radius 3 is 2.69 bits per heavy atom. The van der Waals surface area contributed by atoms with Crippen molar-refractivity contribution in [2.45, 2.75) is 19.8 Å². The zero-order chi connectivity index (χ0) is 18.5. The number of benzene rings is 1. The molecule has 0 radical (unpaired) electrons. The third kappa shape index (κ3) is 3.89. The predicted octanol–water partition coefficient (Wildman–Crippen LogP) is 3.80. The Balaban J connectivity index is 2.12. The Morgan fingerprint density at radius 2 is 2.00 bits per heavy atom. The molecule has 0 unspecified atom stereocenters. The minimum atomic E-state index is -0.132. The number of hydrogen-bond donors (Lipinski definition) is 1. The molecule has 1 N–H and O–H groups in total. The molecule has 0 saturated carbocycles. The van der Waals surface area contributed by atoms with E-state index in [-0.39, 0.29) is 5.91 Å². The third-order valence-electron chi connectivity index (χ3n) is 4.26. The molecule has 5 nitrogen and oxygen atoms in total. The fourth-order valence-corrected chi connectivity index (χ4v) is 2.80. The topological polar surface area (TPSA) is 64.1 Å². The lowest BCUT2D eigenvalue weighted by Gasteiger charge is -2.13. The van der Waals surface area contributed by atoms with Gasteiger partial charge < -0.3 is 10.1 Å². The molecule has 2 aromatic heterocycles. The Labute approximate surface area is 153 Å². The maximum absolute atomic E-state index is 12.8. The zero-order valence-electron chi connectivity index (χ0n) is 15.3. The van der Waals surface area contributed by atoms with E-state index in [0.717, 1.165) is 16.6 Å². The van der Waals surface area contributed by atoms with Gasteiger partial charge in [0.15, 0.2) is 0 Å². The molecule has 134 valence electrons. The molecule has 1 amide bonds. The van der Waals surface area contributed by atoms with Crippen molar-refractivity contribution >= 4 is 16.8 Å². The van der Waals surface area contributed by atoms with Gasteiger partial charge in [-0.1, -0.05) is 26.0 Å². The monoisotopic (exact) mass is 349 g/mol. The summed E-state index contributed by atoms with van der Waals surface area (Å²) in [5, 5.41) is 3.76. The second-order valence-corrected chi connectivity index (χ2v) is 6.45. The Morgan fingerprint density at radius 1 is 1.15 bits per heavy atom. The van der Waals surface area contributed by atoms with Crippen LogP contribution in [0.2, 0.25) is 0 Å². The van der Waals surface area contributed by atoms with Crippen LogP contribution in [0.5, 0.6) is 0 Å². The van der Waals surface area contributed by atoms with Crippen molar-refractivity contribution in [3.05, 3.63) is 59.8 Å². The van der Waals surface area contributed by atoms with Gasteiger partial charge in [-0.25, -0.2) is 4.98 Å². The molecule has 0 aliphatic carbocycles. The van der Waals surface area contributed by atoms with Crippen LogP contribution >= 0.6 is 0 Å². The standard InChI is InChI=1S/C21H23N3O2/c1-14(2)15-7-8-18-16(12-15)17(21(25)23-10-11-26-3)13-20(24-18)19-6-4-5-9-22-19/h4-9,12-14H,10-11H2,1-3H3,(H,23,25). The van der Waals surface area contributed by atoms with Gasteiger partial charge in [-0.05, 0) is 41.8 Å². The van der Waals surface area contributed by atoms with Crippen molar-refractivity contribution in [2.75, 3.05) is 20.3 Å². The molecular weight excluding hydrogens is 326 g/mol. The van der Waals surface area contributed by atoms with E-state index in [1.165, 1.54) is 5.56 Å². The van der Waals surface area contributed by atoms with E-state index >= 15 is 0 Å². The third-order valence-corrected chi connectivity index (χ3v) is 4.26. The largest absolute Gasteiger partial charge is 0.383 e. The normalized spacial score (nSPS) is 11.1. The van der Waals surface area contributed by atoms with E-state index in [1.807, 2.05) is 30.3 Å². The molecule has 0 spiro atoms. The summed E-state index contributed by atoms with van der Waals surface area (Å²) in [6.07, 6.45) is 1.72. The molecule has 0 fully saturated rings. The number of amides is 1.